The second kappa shape index (κ2) is 4.01. The molecule has 0 atom stereocenters. The first-order chi connectivity index (χ1) is 10.3. The zero-order valence-corrected chi connectivity index (χ0v) is 13.7. The molecule has 106 valence electrons. The zero-order valence-electron chi connectivity index (χ0n) is 12.2. The lowest BCUT2D eigenvalue weighted by Crippen LogP contribution is -2.43. The van der Waals surface area contributed by atoms with Gasteiger partial charge in [0.2, 0.25) is 0 Å². The normalized spacial score (nSPS) is 32.2. The van der Waals surface area contributed by atoms with E-state index in [4.69, 9.17) is 0 Å². The molecule has 3 aliphatic carbocycles. The summed E-state index contributed by atoms with van der Waals surface area (Å²) in [5, 5.41) is 0. The molecule has 0 aliphatic heterocycles. The van der Waals surface area contributed by atoms with Crippen LogP contribution in [0.15, 0.2) is 46.9 Å². The van der Waals surface area contributed by atoms with Crippen LogP contribution in [0.3, 0.4) is 0 Å². The molecule has 0 nitrogen and oxygen atoms in total. The Hall–Kier alpha value is -1.08. The van der Waals surface area contributed by atoms with Crippen LogP contribution in [0.4, 0.5) is 0 Å². The lowest BCUT2D eigenvalue weighted by atomic mass is 9.55. The van der Waals surface area contributed by atoms with E-state index in [0.29, 0.717) is 10.8 Å². The molecule has 0 aromatic heterocycles. The minimum atomic E-state index is 0.417. The van der Waals surface area contributed by atoms with Crippen molar-refractivity contribution in [3.63, 3.8) is 0 Å². The Bertz CT molecular complexity index is 733. The van der Waals surface area contributed by atoms with E-state index in [9.17, 15) is 0 Å². The first kappa shape index (κ1) is 12.5. The molecule has 21 heavy (non-hydrogen) atoms. The minimum absolute atomic E-state index is 0.417. The second-order valence-corrected chi connectivity index (χ2v) is 8.02. The Labute approximate surface area is 134 Å². The predicted molar refractivity (Wildman–Crippen MR) is 90.6 cm³/mol. The summed E-state index contributed by atoms with van der Waals surface area (Å²) in [6.45, 7) is 0. The fourth-order valence-electron chi connectivity index (χ4n) is 5.93. The van der Waals surface area contributed by atoms with Gasteiger partial charge in [-0.05, 0) is 60.1 Å². The van der Waals surface area contributed by atoms with Gasteiger partial charge in [0.15, 0.2) is 0 Å². The molecule has 0 unspecified atom stereocenters. The number of rotatable bonds is 0. The van der Waals surface area contributed by atoms with Gasteiger partial charge >= 0.3 is 0 Å². The summed E-state index contributed by atoms with van der Waals surface area (Å²) in [6, 6.07) is 16.2. The maximum Gasteiger partial charge on any atom is 0.0178 e. The molecule has 2 saturated carbocycles. The fraction of sp³-hybridized carbons (Fsp3) is 0.400. The molecule has 3 aliphatic rings. The molecule has 0 spiro atoms. The lowest BCUT2D eigenvalue weighted by molar-refractivity contribution is 0.299. The Morgan fingerprint density at radius 2 is 1.33 bits per heavy atom. The summed E-state index contributed by atoms with van der Waals surface area (Å²) >= 11 is 3.72. The minimum Gasteiger partial charge on any atom is -0.0619 e. The van der Waals surface area contributed by atoms with Crippen LogP contribution in [0.1, 0.15) is 49.7 Å². The van der Waals surface area contributed by atoms with E-state index < -0.39 is 0 Å². The van der Waals surface area contributed by atoms with Crippen LogP contribution in [0.5, 0.6) is 0 Å². The average molecular weight is 339 g/mol. The fourth-order valence-corrected chi connectivity index (χ4v) is 6.29. The van der Waals surface area contributed by atoms with Gasteiger partial charge in [0.25, 0.3) is 0 Å². The van der Waals surface area contributed by atoms with Crippen molar-refractivity contribution in [2.75, 3.05) is 0 Å². The quantitative estimate of drug-likeness (QED) is 0.554. The highest BCUT2D eigenvalue weighted by Crippen LogP contribution is 2.69. The van der Waals surface area contributed by atoms with E-state index in [-0.39, 0.29) is 0 Å². The first-order valence-corrected chi connectivity index (χ1v) is 8.96. The highest BCUT2D eigenvalue weighted by Gasteiger charge is 2.61. The first-order valence-electron chi connectivity index (χ1n) is 8.17. The average Bonchev–Trinajstić information content (AvgIpc) is 3.04. The van der Waals surface area contributed by atoms with E-state index >= 15 is 0 Å². The summed E-state index contributed by atoms with van der Waals surface area (Å²) < 4.78 is 1.24. The van der Waals surface area contributed by atoms with Gasteiger partial charge in [-0.2, -0.15) is 0 Å². The van der Waals surface area contributed by atoms with Gasteiger partial charge in [0.05, 0.1) is 0 Å². The van der Waals surface area contributed by atoms with Crippen LogP contribution in [-0.2, 0) is 10.8 Å². The van der Waals surface area contributed by atoms with Gasteiger partial charge in [-0.1, -0.05) is 59.1 Å². The van der Waals surface area contributed by atoms with Crippen LogP contribution >= 0.6 is 15.9 Å². The molecule has 0 radical (unpaired) electrons. The summed E-state index contributed by atoms with van der Waals surface area (Å²) in [7, 11) is 0. The Morgan fingerprint density at radius 1 is 0.714 bits per heavy atom. The SMILES string of the molecule is Brc1ccc2c(c1)C13CCCC1(CCC3)c1ccccc1-2. The highest BCUT2D eigenvalue weighted by atomic mass is 79.9. The van der Waals surface area contributed by atoms with E-state index in [1.165, 1.54) is 54.1 Å². The van der Waals surface area contributed by atoms with E-state index in [1.54, 1.807) is 11.1 Å². The molecule has 2 aromatic carbocycles. The largest absolute Gasteiger partial charge is 0.0619 e. The van der Waals surface area contributed by atoms with Crippen LogP contribution in [-0.4, -0.2) is 0 Å². The maximum atomic E-state index is 3.72. The van der Waals surface area contributed by atoms with Crippen LogP contribution in [0.25, 0.3) is 11.1 Å². The van der Waals surface area contributed by atoms with Crippen molar-refractivity contribution < 1.29 is 0 Å². The molecule has 1 heteroatoms. The molecule has 0 saturated heterocycles. The number of hydrogen-bond acceptors (Lipinski definition) is 0. The molecule has 0 amide bonds. The molecule has 2 fully saturated rings. The molecular formula is C20H19Br. The predicted octanol–water partition coefficient (Wildman–Crippen LogP) is 5.97. The van der Waals surface area contributed by atoms with Crippen molar-refractivity contribution in [2.24, 2.45) is 0 Å². The molecular weight excluding hydrogens is 320 g/mol. The lowest BCUT2D eigenvalue weighted by Gasteiger charge is -2.47. The van der Waals surface area contributed by atoms with E-state index in [0.717, 1.165) is 0 Å². The molecule has 0 bridgehead atoms. The number of benzene rings is 2. The van der Waals surface area contributed by atoms with Crippen LogP contribution in [0, 0.1) is 0 Å². The molecule has 5 rings (SSSR count). The van der Waals surface area contributed by atoms with Crippen molar-refractivity contribution in [2.45, 2.75) is 49.4 Å². The molecule has 0 heterocycles. The van der Waals surface area contributed by atoms with Gasteiger partial charge < -0.3 is 0 Å². The highest BCUT2D eigenvalue weighted by molar-refractivity contribution is 9.10. The third-order valence-electron chi connectivity index (χ3n) is 6.56. The number of fused-ring (bicyclic) bond motifs is 3. The van der Waals surface area contributed by atoms with E-state index in [2.05, 4.69) is 58.4 Å². The number of halogens is 1. The summed E-state index contributed by atoms with van der Waals surface area (Å²) in [5.74, 6) is 0. The summed E-state index contributed by atoms with van der Waals surface area (Å²) in [6.07, 6.45) is 8.31. The standard InChI is InChI=1S/C20H19Br/c21-14-7-8-16-15-5-1-2-6-17(15)19-9-3-11-20(19,12-4-10-19)18(16)13-14/h1-2,5-8,13H,3-4,9-12H2. The second-order valence-electron chi connectivity index (χ2n) is 7.11. The van der Waals surface area contributed by atoms with Gasteiger partial charge in [-0.3, -0.25) is 0 Å². The Morgan fingerprint density at radius 3 is 2.10 bits per heavy atom. The molecule has 2 aromatic rings. The Balaban J connectivity index is 1.94. The third kappa shape index (κ3) is 1.33. The van der Waals surface area contributed by atoms with Gasteiger partial charge in [0, 0.05) is 15.3 Å². The zero-order chi connectivity index (χ0) is 14.1. The van der Waals surface area contributed by atoms with Crippen LogP contribution < -0.4 is 0 Å². The van der Waals surface area contributed by atoms with Crippen molar-refractivity contribution in [1.82, 2.24) is 0 Å². The Kier molecular flexibility index (Phi) is 2.38. The summed E-state index contributed by atoms with van der Waals surface area (Å²) in [5.41, 5.74) is 7.12. The van der Waals surface area contributed by atoms with Crippen molar-refractivity contribution >= 4 is 15.9 Å². The van der Waals surface area contributed by atoms with Crippen LogP contribution in [0.2, 0.25) is 0 Å². The molecule has 0 N–H and O–H groups in total. The van der Waals surface area contributed by atoms with Crippen molar-refractivity contribution in [3.8, 4) is 11.1 Å². The topological polar surface area (TPSA) is 0 Å². The monoisotopic (exact) mass is 338 g/mol. The maximum absolute atomic E-state index is 3.72. The van der Waals surface area contributed by atoms with Gasteiger partial charge in [-0.15, -0.1) is 0 Å². The van der Waals surface area contributed by atoms with Gasteiger partial charge in [-0.25, -0.2) is 0 Å². The van der Waals surface area contributed by atoms with Crippen molar-refractivity contribution in [1.29, 1.82) is 0 Å². The van der Waals surface area contributed by atoms with Gasteiger partial charge in [0.1, 0.15) is 0 Å². The number of hydrogen-bond donors (Lipinski definition) is 0. The third-order valence-corrected chi connectivity index (χ3v) is 7.05. The smallest absolute Gasteiger partial charge is 0.0178 e. The summed E-state index contributed by atoms with van der Waals surface area (Å²) in [4.78, 5) is 0. The van der Waals surface area contributed by atoms with E-state index in [1.807, 2.05) is 0 Å². The van der Waals surface area contributed by atoms with Crippen molar-refractivity contribution in [3.05, 3.63) is 58.1 Å².